The molecule has 1 rings (SSSR count). The zero-order valence-corrected chi connectivity index (χ0v) is 22.0. The fourth-order valence-corrected chi connectivity index (χ4v) is 48.3. The molecule has 0 amide bonds. The Morgan fingerprint density at radius 1 is 0.917 bits per heavy atom. The summed E-state index contributed by atoms with van der Waals surface area (Å²) < 4.78 is 22.4. The van der Waals surface area contributed by atoms with Crippen LogP contribution in [0.5, 0.6) is 0 Å². The number of allylic oxidation sites excluding steroid dienone is 4. The van der Waals surface area contributed by atoms with E-state index in [1.807, 2.05) is 0 Å². The van der Waals surface area contributed by atoms with Crippen molar-refractivity contribution in [3.8, 4) is 0 Å². The van der Waals surface area contributed by atoms with E-state index in [2.05, 4.69) is 71.3 Å². The van der Waals surface area contributed by atoms with E-state index >= 15 is 0 Å². The van der Waals surface area contributed by atoms with Gasteiger partial charge in [-0.1, -0.05) is 0 Å². The van der Waals surface area contributed by atoms with E-state index in [0.717, 1.165) is 25.7 Å². The van der Waals surface area contributed by atoms with Gasteiger partial charge in [-0.2, -0.15) is 0 Å². The molecule has 3 atom stereocenters. The Kier molecular flexibility index (Phi) is 9.17. The maximum absolute atomic E-state index is 7.01. The summed E-state index contributed by atoms with van der Waals surface area (Å²) in [6.45, 7) is 13.1. The van der Waals surface area contributed by atoms with Gasteiger partial charge in [0.15, 0.2) is 0 Å². The number of hydrogen-bond donors (Lipinski definition) is 0. The van der Waals surface area contributed by atoms with Gasteiger partial charge in [0.2, 0.25) is 0 Å². The van der Waals surface area contributed by atoms with Gasteiger partial charge in [-0.3, -0.25) is 0 Å². The van der Waals surface area contributed by atoms with Crippen LogP contribution in [0, 0.1) is 0 Å². The second kappa shape index (κ2) is 9.64. The average Bonchev–Trinajstić information content (AvgIpc) is 3.09. The van der Waals surface area contributed by atoms with E-state index in [1.54, 1.807) is 0 Å². The fourth-order valence-electron chi connectivity index (χ4n) is 3.26. The van der Waals surface area contributed by atoms with Gasteiger partial charge in [0, 0.05) is 0 Å². The summed E-state index contributed by atoms with van der Waals surface area (Å²) in [6, 6.07) is 0. The molecule has 1 aliphatic rings. The molecule has 0 fully saturated rings. The van der Waals surface area contributed by atoms with Crippen LogP contribution in [-0.2, 0) is 26.0 Å². The van der Waals surface area contributed by atoms with Crippen LogP contribution in [0.25, 0.3) is 0 Å². The van der Waals surface area contributed by atoms with Crippen LogP contribution in [-0.4, -0.2) is 28.9 Å². The fraction of sp³-hybridized carbons (Fsp3) is 0.789. The Labute approximate surface area is 154 Å². The Balaban J connectivity index is 3.54. The third-order valence-corrected chi connectivity index (χ3v) is 54.6. The van der Waals surface area contributed by atoms with Crippen LogP contribution in [0.1, 0.15) is 67.2 Å². The molecule has 141 valence electrons. The average molecular weight is 479 g/mol. The van der Waals surface area contributed by atoms with Gasteiger partial charge in [0.05, 0.1) is 0 Å². The minimum absolute atomic E-state index is 0.179. The molecule has 1 aliphatic carbocycles. The van der Waals surface area contributed by atoms with E-state index in [-0.39, 0.29) is 18.3 Å². The molecule has 0 aromatic heterocycles. The van der Waals surface area contributed by atoms with Crippen molar-refractivity contribution in [2.75, 3.05) is 0 Å². The monoisotopic (exact) mass is 479 g/mol. The third-order valence-electron chi connectivity index (χ3n) is 5.34. The summed E-state index contributed by atoms with van der Waals surface area (Å²) >= 11 is -4.42. The molecule has 0 saturated heterocycles. The first-order chi connectivity index (χ1) is 11.2. The third kappa shape index (κ3) is 4.74. The van der Waals surface area contributed by atoms with Crippen molar-refractivity contribution in [2.45, 2.75) is 97.1 Å². The second-order valence-electron chi connectivity index (χ2n) is 7.54. The van der Waals surface area contributed by atoms with Gasteiger partial charge in [-0.25, -0.2) is 0 Å². The van der Waals surface area contributed by atoms with Crippen LogP contribution in [0.4, 0.5) is 0 Å². The molecule has 0 N–H and O–H groups in total. The zero-order valence-electron chi connectivity index (χ0n) is 17.1. The topological polar surface area (TPSA) is 27.7 Å². The number of rotatable bonds is 11. The van der Waals surface area contributed by atoms with Gasteiger partial charge in [-0.05, 0) is 0 Å². The minimum atomic E-state index is -4.42. The summed E-state index contributed by atoms with van der Waals surface area (Å²) in [6.07, 6.45) is 11.1. The predicted octanol–water partition coefficient (Wildman–Crippen LogP) is 5.69. The molecule has 0 aromatic rings. The van der Waals surface area contributed by atoms with Crippen LogP contribution in [0.2, 0.25) is 11.5 Å². The first-order valence-electron chi connectivity index (χ1n) is 9.81. The van der Waals surface area contributed by atoms with E-state index < -0.39 is 28.2 Å². The molecule has 3 nitrogen and oxygen atoms in total. The first kappa shape index (κ1) is 22.8. The summed E-state index contributed by atoms with van der Waals surface area (Å²) in [5.41, 5.74) is 0. The molecular weight excluding hydrogens is 440 g/mol. The SMILES string of the molecule is CCC(C)[O][Zr]([O]C(C)CC)([O]C(C)CC)([C]1=CC=CC1)[GeH]([CH3])[CH3]. The molecule has 0 aromatic carbocycles. The van der Waals surface area contributed by atoms with Crippen molar-refractivity contribution in [1.29, 1.82) is 0 Å². The normalized spacial score (nSPS) is 20.5. The Morgan fingerprint density at radius 3 is 1.58 bits per heavy atom. The van der Waals surface area contributed by atoms with Gasteiger partial charge < -0.3 is 0 Å². The van der Waals surface area contributed by atoms with Crippen molar-refractivity contribution in [2.24, 2.45) is 0 Å². The summed E-state index contributed by atoms with van der Waals surface area (Å²) in [5, 5.41) is 0. The summed E-state index contributed by atoms with van der Waals surface area (Å²) in [5.74, 6) is 4.84. The molecule has 5 heteroatoms. The van der Waals surface area contributed by atoms with Gasteiger partial charge in [0.1, 0.15) is 0 Å². The second-order valence-corrected chi connectivity index (χ2v) is 48.0. The van der Waals surface area contributed by atoms with E-state index in [4.69, 9.17) is 8.44 Å². The quantitative estimate of drug-likeness (QED) is 0.356. The molecule has 0 saturated carbocycles. The molecule has 3 unspecified atom stereocenters. The van der Waals surface area contributed by atoms with Crippen LogP contribution in [0.3, 0.4) is 0 Å². The van der Waals surface area contributed by atoms with Crippen molar-refractivity contribution in [3.63, 3.8) is 0 Å². The Morgan fingerprint density at radius 2 is 1.33 bits per heavy atom. The van der Waals surface area contributed by atoms with Crippen LogP contribution < -0.4 is 0 Å². The van der Waals surface area contributed by atoms with Crippen molar-refractivity contribution >= 4 is 10.6 Å². The van der Waals surface area contributed by atoms with Crippen molar-refractivity contribution < 1.29 is 26.0 Å². The Hall–Kier alpha value is 0.786. The maximum atomic E-state index is 7.01. The van der Waals surface area contributed by atoms with Crippen LogP contribution in [0.15, 0.2) is 21.5 Å². The molecule has 0 spiro atoms. The molecule has 24 heavy (non-hydrogen) atoms. The van der Waals surface area contributed by atoms with E-state index in [9.17, 15) is 0 Å². The van der Waals surface area contributed by atoms with E-state index in [1.165, 1.54) is 3.28 Å². The predicted molar refractivity (Wildman–Crippen MR) is 103 cm³/mol. The van der Waals surface area contributed by atoms with Crippen LogP contribution >= 0.6 is 0 Å². The molecular formula is C19H39GeO3Zr. The zero-order chi connectivity index (χ0) is 18.4. The molecule has 0 aliphatic heterocycles. The molecule has 0 bridgehead atoms. The van der Waals surface area contributed by atoms with Gasteiger partial charge >= 0.3 is 155 Å². The molecule has 0 heterocycles. The van der Waals surface area contributed by atoms with Gasteiger partial charge in [-0.15, -0.1) is 0 Å². The van der Waals surface area contributed by atoms with Crippen molar-refractivity contribution in [1.82, 2.24) is 0 Å². The van der Waals surface area contributed by atoms with E-state index in [0.29, 0.717) is 0 Å². The Bertz CT molecular complexity index is 427. The first-order valence-corrected chi connectivity index (χ1v) is 27.5. The standard InChI is InChI=1S/C5H5.3C4H9O.C2H7Ge.Zr/c1-2-4-5-3-1;3*1-3-4(2)5;1-3-2;/h1-3H,4H2;3*4H,3H2,1-2H3;3H,1-2H3;/q;3*-1;;+3. The number of hydrogen-bond acceptors (Lipinski definition) is 3. The summed E-state index contributed by atoms with van der Waals surface area (Å²) in [4.78, 5) is 0. The summed E-state index contributed by atoms with van der Waals surface area (Å²) in [7, 11) is -1.95. The van der Waals surface area contributed by atoms with Gasteiger partial charge in [0.25, 0.3) is 0 Å². The van der Waals surface area contributed by atoms with Crippen molar-refractivity contribution in [3.05, 3.63) is 21.5 Å². The molecule has 0 radical (unpaired) electrons.